The fourth-order valence-electron chi connectivity index (χ4n) is 0.656. The normalized spacial score (nSPS) is 17.2. The van der Waals surface area contributed by atoms with E-state index in [4.69, 9.17) is 4.78 Å². The van der Waals surface area contributed by atoms with Crippen molar-refractivity contribution in [1.29, 1.82) is 4.78 Å². The lowest BCUT2D eigenvalue weighted by molar-refractivity contribution is 0.409. The highest BCUT2D eigenvalue weighted by molar-refractivity contribution is 7.91. The lowest BCUT2D eigenvalue weighted by Gasteiger charge is -2.08. The minimum Gasteiger partial charge on any atom is -0.309 e. The quantitative estimate of drug-likeness (QED) is 0.662. The first-order valence-electron chi connectivity index (χ1n) is 3.28. The van der Waals surface area contributed by atoms with E-state index < -0.39 is 9.73 Å². The van der Waals surface area contributed by atoms with Crippen LogP contribution in [0.1, 0.15) is 6.42 Å². The summed E-state index contributed by atoms with van der Waals surface area (Å²) in [4.78, 5) is 2.03. The van der Waals surface area contributed by atoms with Crippen LogP contribution in [0, 0.1) is 4.78 Å². The van der Waals surface area contributed by atoms with E-state index in [0.29, 0.717) is 5.75 Å². The molecular weight excluding hydrogens is 148 g/mol. The first-order valence-corrected chi connectivity index (χ1v) is 5.41. The molecule has 0 saturated heterocycles. The van der Waals surface area contributed by atoms with E-state index in [-0.39, 0.29) is 0 Å². The van der Waals surface area contributed by atoms with Crippen LogP contribution in [0.5, 0.6) is 0 Å². The summed E-state index contributed by atoms with van der Waals surface area (Å²) in [5, 5.41) is 0. The van der Waals surface area contributed by atoms with Crippen molar-refractivity contribution in [3.05, 3.63) is 0 Å². The first kappa shape index (κ1) is 9.91. The summed E-state index contributed by atoms with van der Waals surface area (Å²) in [6, 6.07) is 0. The smallest absolute Gasteiger partial charge is 0.0412 e. The summed E-state index contributed by atoms with van der Waals surface area (Å²) in [5.41, 5.74) is 0. The fourth-order valence-corrected chi connectivity index (χ4v) is 1.34. The monoisotopic (exact) mass is 164 g/mol. The molecule has 0 aromatic rings. The van der Waals surface area contributed by atoms with Crippen LogP contribution < -0.4 is 0 Å². The standard InChI is InChI=1S/C6H16N2OS/c1-8(2)5-4-6-10(3,7)9/h7H,4-6H2,1-3H3. The van der Waals surface area contributed by atoms with E-state index in [9.17, 15) is 4.21 Å². The van der Waals surface area contributed by atoms with Crippen LogP contribution in [-0.2, 0) is 9.73 Å². The molecule has 1 N–H and O–H groups in total. The van der Waals surface area contributed by atoms with Gasteiger partial charge in [-0.25, -0.2) is 0 Å². The lowest BCUT2D eigenvalue weighted by Crippen LogP contribution is -2.16. The molecule has 0 aliphatic heterocycles. The van der Waals surface area contributed by atoms with Gasteiger partial charge >= 0.3 is 0 Å². The molecule has 0 radical (unpaired) electrons. The molecule has 0 aliphatic rings. The van der Waals surface area contributed by atoms with Crippen molar-refractivity contribution in [1.82, 2.24) is 4.90 Å². The van der Waals surface area contributed by atoms with Gasteiger partial charge in [-0.05, 0) is 27.1 Å². The second kappa shape index (κ2) is 3.93. The van der Waals surface area contributed by atoms with Gasteiger partial charge in [0.2, 0.25) is 0 Å². The summed E-state index contributed by atoms with van der Waals surface area (Å²) in [5.74, 6) is 0.519. The summed E-state index contributed by atoms with van der Waals surface area (Å²) < 4.78 is 17.9. The van der Waals surface area contributed by atoms with Gasteiger partial charge in [0, 0.05) is 21.7 Å². The number of nitrogens with zero attached hydrogens (tertiary/aromatic N) is 1. The molecule has 0 bridgehead atoms. The Morgan fingerprint density at radius 2 is 2.00 bits per heavy atom. The summed E-state index contributed by atoms with van der Waals surface area (Å²) >= 11 is 0. The molecule has 0 aromatic carbocycles. The maximum Gasteiger partial charge on any atom is 0.0412 e. The van der Waals surface area contributed by atoms with Crippen LogP contribution in [0.3, 0.4) is 0 Å². The third kappa shape index (κ3) is 7.91. The first-order chi connectivity index (χ1) is 4.42. The Labute approximate surface area is 63.4 Å². The Hall–Kier alpha value is -0.0900. The summed E-state index contributed by atoms with van der Waals surface area (Å²) in [7, 11) is 1.70. The predicted octanol–water partition coefficient (Wildman–Crippen LogP) is 0.615. The van der Waals surface area contributed by atoms with Gasteiger partial charge in [-0.1, -0.05) is 0 Å². The van der Waals surface area contributed by atoms with Gasteiger partial charge in [0.05, 0.1) is 0 Å². The van der Waals surface area contributed by atoms with Crippen molar-refractivity contribution in [2.24, 2.45) is 0 Å². The highest BCUT2D eigenvalue weighted by Gasteiger charge is 1.97. The summed E-state index contributed by atoms with van der Waals surface area (Å²) in [6.07, 6.45) is 2.34. The average molecular weight is 164 g/mol. The van der Waals surface area contributed by atoms with E-state index in [2.05, 4.69) is 0 Å². The third-order valence-corrected chi connectivity index (χ3v) is 2.21. The molecule has 1 unspecified atom stereocenters. The van der Waals surface area contributed by atoms with E-state index in [0.717, 1.165) is 13.0 Å². The maximum absolute atomic E-state index is 10.8. The lowest BCUT2D eigenvalue weighted by atomic mass is 10.5. The Balaban J connectivity index is 3.39. The molecule has 0 aliphatic carbocycles. The molecular formula is C6H16N2OS. The van der Waals surface area contributed by atoms with Crippen LogP contribution in [0.25, 0.3) is 0 Å². The van der Waals surface area contributed by atoms with Crippen LogP contribution in [0.4, 0.5) is 0 Å². The van der Waals surface area contributed by atoms with Gasteiger partial charge in [-0.3, -0.25) is 8.99 Å². The van der Waals surface area contributed by atoms with Crippen molar-refractivity contribution >= 4 is 9.73 Å². The average Bonchev–Trinajstić information content (AvgIpc) is 1.59. The minimum atomic E-state index is -2.25. The molecule has 0 saturated carbocycles. The molecule has 3 nitrogen and oxygen atoms in total. The molecule has 0 fully saturated rings. The topological polar surface area (TPSA) is 44.2 Å². The predicted molar refractivity (Wildman–Crippen MR) is 44.8 cm³/mol. The molecule has 0 spiro atoms. The highest BCUT2D eigenvalue weighted by atomic mass is 32.2. The van der Waals surface area contributed by atoms with Crippen LogP contribution >= 0.6 is 0 Å². The van der Waals surface area contributed by atoms with Crippen molar-refractivity contribution in [3.8, 4) is 0 Å². The van der Waals surface area contributed by atoms with Crippen molar-refractivity contribution in [2.45, 2.75) is 6.42 Å². The highest BCUT2D eigenvalue weighted by Crippen LogP contribution is 1.90. The van der Waals surface area contributed by atoms with Crippen LogP contribution in [0.15, 0.2) is 0 Å². The Morgan fingerprint density at radius 3 is 2.30 bits per heavy atom. The second-order valence-electron chi connectivity index (χ2n) is 2.87. The maximum atomic E-state index is 10.8. The molecule has 10 heavy (non-hydrogen) atoms. The van der Waals surface area contributed by atoms with Gasteiger partial charge in [0.25, 0.3) is 0 Å². The van der Waals surface area contributed by atoms with E-state index in [1.165, 1.54) is 6.26 Å². The molecule has 4 heteroatoms. The largest absolute Gasteiger partial charge is 0.309 e. The zero-order valence-electron chi connectivity index (χ0n) is 6.89. The zero-order chi connectivity index (χ0) is 8.20. The number of nitrogens with one attached hydrogen (secondary N) is 1. The van der Waals surface area contributed by atoms with Gasteiger partial charge in [0.1, 0.15) is 0 Å². The Bertz CT molecular complexity index is 172. The minimum absolute atomic E-state index is 0.519. The van der Waals surface area contributed by atoms with Crippen molar-refractivity contribution in [2.75, 3.05) is 32.6 Å². The number of hydrogen-bond acceptors (Lipinski definition) is 3. The van der Waals surface area contributed by atoms with Crippen molar-refractivity contribution in [3.63, 3.8) is 0 Å². The van der Waals surface area contributed by atoms with Gasteiger partial charge in [-0.2, -0.15) is 0 Å². The van der Waals surface area contributed by atoms with E-state index in [1.54, 1.807) is 0 Å². The molecule has 0 amide bonds. The molecule has 62 valence electrons. The number of hydrogen-bond donors (Lipinski definition) is 1. The second-order valence-corrected chi connectivity index (χ2v) is 5.28. The SMILES string of the molecule is CN(C)CCCS(C)(=N)=O. The van der Waals surface area contributed by atoms with E-state index in [1.807, 2.05) is 19.0 Å². The van der Waals surface area contributed by atoms with Gasteiger partial charge in [0.15, 0.2) is 0 Å². The van der Waals surface area contributed by atoms with Gasteiger partial charge in [-0.15, -0.1) is 0 Å². The Kier molecular flexibility index (Phi) is 3.89. The molecule has 0 heterocycles. The summed E-state index contributed by atoms with van der Waals surface area (Å²) in [6.45, 7) is 0.920. The third-order valence-electron chi connectivity index (χ3n) is 1.14. The number of rotatable bonds is 4. The molecule has 0 aromatic heterocycles. The van der Waals surface area contributed by atoms with Crippen LogP contribution in [0.2, 0.25) is 0 Å². The fraction of sp³-hybridized carbons (Fsp3) is 1.00. The van der Waals surface area contributed by atoms with Crippen LogP contribution in [-0.4, -0.2) is 41.8 Å². The van der Waals surface area contributed by atoms with Crippen molar-refractivity contribution < 1.29 is 4.21 Å². The van der Waals surface area contributed by atoms with Gasteiger partial charge < -0.3 is 4.90 Å². The molecule has 0 rings (SSSR count). The zero-order valence-corrected chi connectivity index (χ0v) is 7.70. The van der Waals surface area contributed by atoms with E-state index >= 15 is 0 Å². The Morgan fingerprint density at radius 1 is 1.50 bits per heavy atom. The molecule has 1 atom stereocenters.